The molecular weight excluding hydrogens is 495 g/mol. The van der Waals surface area contributed by atoms with Gasteiger partial charge in [0.05, 0.1) is 22.6 Å². The summed E-state index contributed by atoms with van der Waals surface area (Å²) in [6.07, 6.45) is -3.38. The van der Waals surface area contributed by atoms with E-state index in [4.69, 9.17) is 0 Å². The normalized spacial score (nSPS) is 11.2. The minimum Gasteiger partial charge on any atom is -0.307 e. The second-order valence-electron chi connectivity index (χ2n) is 8.28. The molecule has 0 aliphatic carbocycles. The molecule has 4 aromatic carbocycles. The third-order valence-corrected chi connectivity index (χ3v) is 5.77. The summed E-state index contributed by atoms with van der Waals surface area (Å²) >= 11 is 0. The maximum atomic E-state index is 13.7. The Morgan fingerprint density at radius 2 is 1.53 bits per heavy atom. The summed E-state index contributed by atoms with van der Waals surface area (Å²) < 4.78 is 41.9. The van der Waals surface area contributed by atoms with E-state index in [2.05, 4.69) is 15.4 Å². The molecule has 10 heteroatoms. The van der Waals surface area contributed by atoms with Crippen molar-refractivity contribution in [3.05, 3.63) is 126 Å². The van der Waals surface area contributed by atoms with Gasteiger partial charge in [0.25, 0.3) is 0 Å². The lowest BCUT2D eigenvalue weighted by Crippen LogP contribution is -2.32. The molecule has 2 amide bonds. The zero-order valence-electron chi connectivity index (χ0n) is 19.7. The highest BCUT2D eigenvalue weighted by molar-refractivity contribution is 6.08. The Balaban J connectivity index is 1.55. The molecule has 0 bridgehead atoms. The van der Waals surface area contributed by atoms with Crippen LogP contribution in [-0.2, 0) is 6.18 Å². The van der Waals surface area contributed by atoms with Crippen LogP contribution in [0.25, 0.3) is 16.8 Å². The topological polar surface area (TPSA) is 83.0 Å². The van der Waals surface area contributed by atoms with Crippen molar-refractivity contribution in [1.29, 1.82) is 0 Å². The molecule has 0 fully saturated rings. The number of halogens is 3. The van der Waals surface area contributed by atoms with Gasteiger partial charge in [-0.1, -0.05) is 60.7 Å². The van der Waals surface area contributed by atoms with Crippen molar-refractivity contribution in [2.75, 3.05) is 10.2 Å². The molecule has 0 spiro atoms. The number of para-hydroxylation sites is 2. The fourth-order valence-corrected chi connectivity index (χ4v) is 3.99. The van der Waals surface area contributed by atoms with Gasteiger partial charge in [-0.3, -0.25) is 4.90 Å². The van der Waals surface area contributed by atoms with Gasteiger partial charge in [-0.2, -0.15) is 18.2 Å². The van der Waals surface area contributed by atoms with Crippen LogP contribution < -0.4 is 15.9 Å². The number of aromatic amines is 1. The number of hydrogen-bond donors (Lipinski definition) is 2. The van der Waals surface area contributed by atoms with Crippen LogP contribution in [0.5, 0.6) is 0 Å². The number of aromatic nitrogens is 3. The average molecular weight is 515 g/mol. The van der Waals surface area contributed by atoms with Crippen molar-refractivity contribution >= 4 is 23.1 Å². The summed E-state index contributed by atoms with van der Waals surface area (Å²) in [7, 11) is 0. The molecule has 0 aliphatic heterocycles. The predicted molar refractivity (Wildman–Crippen MR) is 139 cm³/mol. The maximum absolute atomic E-state index is 13.7. The number of anilines is 3. The molecule has 5 rings (SSSR count). The van der Waals surface area contributed by atoms with Gasteiger partial charge in [0.1, 0.15) is 6.33 Å². The highest BCUT2D eigenvalue weighted by Gasteiger charge is 2.32. The molecule has 0 radical (unpaired) electrons. The molecule has 190 valence electrons. The van der Waals surface area contributed by atoms with Gasteiger partial charge in [0, 0.05) is 5.69 Å². The van der Waals surface area contributed by atoms with Crippen LogP contribution >= 0.6 is 0 Å². The molecule has 7 nitrogen and oxygen atoms in total. The van der Waals surface area contributed by atoms with Crippen LogP contribution in [0.4, 0.5) is 35.0 Å². The SMILES string of the molecule is O=C(Nc1ccc(-c2ccccc2)cc1)N(c1cccc(C(F)(F)F)c1)c1ccccc1-n1cnc(=O)[nH]1. The number of carbonyl (C=O) groups is 1. The summed E-state index contributed by atoms with van der Waals surface area (Å²) in [5, 5.41) is 5.27. The quantitative estimate of drug-likeness (QED) is 0.276. The first kappa shape index (κ1) is 24.6. The number of amides is 2. The third-order valence-electron chi connectivity index (χ3n) is 5.77. The lowest BCUT2D eigenvalue weighted by molar-refractivity contribution is -0.137. The molecule has 0 aliphatic rings. The monoisotopic (exact) mass is 515 g/mol. The first-order chi connectivity index (χ1) is 18.3. The van der Waals surface area contributed by atoms with Crippen molar-refractivity contribution in [2.24, 2.45) is 0 Å². The van der Waals surface area contributed by atoms with E-state index in [0.717, 1.165) is 28.2 Å². The van der Waals surface area contributed by atoms with Crippen molar-refractivity contribution in [3.8, 4) is 16.8 Å². The van der Waals surface area contributed by atoms with Crippen LogP contribution in [0.15, 0.2) is 114 Å². The van der Waals surface area contributed by atoms with Crippen LogP contribution in [0.3, 0.4) is 0 Å². The Morgan fingerprint density at radius 3 is 2.21 bits per heavy atom. The predicted octanol–water partition coefficient (Wildman–Crippen LogP) is 6.62. The second kappa shape index (κ2) is 10.1. The molecule has 38 heavy (non-hydrogen) atoms. The number of rotatable bonds is 5. The molecule has 5 aromatic rings. The molecule has 0 unspecified atom stereocenters. The number of nitrogens with zero attached hydrogens (tertiary/aromatic N) is 3. The van der Waals surface area contributed by atoms with Crippen molar-refractivity contribution in [1.82, 2.24) is 14.8 Å². The van der Waals surface area contributed by atoms with Crippen molar-refractivity contribution < 1.29 is 18.0 Å². The molecule has 1 aromatic heterocycles. The van der Waals surface area contributed by atoms with Crippen LogP contribution in [-0.4, -0.2) is 20.8 Å². The van der Waals surface area contributed by atoms with E-state index in [-0.39, 0.29) is 11.4 Å². The Kier molecular flexibility index (Phi) is 6.53. The van der Waals surface area contributed by atoms with E-state index in [0.29, 0.717) is 11.4 Å². The number of nitrogens with one attached hydrogen (secondary N) is 2. The Bertz CT molecular complexity index is 1630. The molecular formula is C28H20F3N5O2. The molecule has 0 saturated heterocycles. The summed E-state index contributed by atoms with van der Waals surface area (Å²) in [6.45, 7) is 0. The fraction of sp³-hybridized carbons (Fsp3) is 0.0357. The van der Waals surface area contributed by atoms with Gasteiger partial charge in [-0.15, -0.1) is 0 Å². The van der Waals surface area contributed by atoms with E-state index in [1.807, 2.05) is 42.5 Å². The standard InChI is InChI=1S/C28H20F3N5O2/c29-28(30,31)21-9-6-10-23(17-21)36(25-12-5-4-11-24(25)35-18-32-26(37)34-35)27(38)33-22-15-13-20(14-16-22)19-7-2-1-3-8-19/h1-18H,(H,33,38)(H,34,37). The summed E-state index contributed by atoms with van der Waals surface area (Å²) in [4.78, 5) is 30.1. The van der Waals surface area contributed by atoms with E-state index in [1.165, 1.54) is 23.1 Å². The summed E-state index contributed by atoms with van der Waals surface area (Å²) in [5.74, 6) is 0. The van der Waals surface area contributed by atoms with Crippen LogP contribution in [0.2, 0.25) is 0 Å². The molecule has 0 saturated carbocycles. The van der Waals surface area contributed by atoms with Crippen molar-refractivity contribution in [3.63, 3.8) is 0 Å². The number of H-pyrrole nitrogens is 1. The Morgan fingerprint density at radius 1 is 0.842 bits per heavy atom. The van der Waals surface area contributed by atoms with Gasteiger partial charge in [0.2, 0.25) is 0 Å². The number of hydrogen-bond acceptors (Lipinski definition) is 3. The number of alkyl halides is 3. The fourth-order valence-electron chi connectivity index (χ4n) is 3.99. The number of urea groups is 1. The van der Waals surface area contributed by atoms with Gasteiger partial charge in [0.15, 0.2) is 0 Å². The highest BCUT2D eigenvalue weighted by atomic mass is 19.4. The minimum atomic E-state index is -4.61. The van der Waals surface area contributed by atoms with Gasteiger partial charge in [-0.25, -0.2) is 19.4 Å². The number of carbonyl (C=O) groups excluding carboxylic acids is 1. The summed E-state index contributed by atoms with van der Waals surface area (Å²) in [6, 6.07) is 27.0. The van der Waals surface area contributed by atoms with Crippen molar-refractivity contribution in [2.45, 2.75) is 6.18 Å². The highest BCUT2D eigenvalue weighted by Crippen LogP contribution is 2.36. The van der Waals surface area contributed by atoms with Gasteiger partial charge >= 0.3 is 17.9 Å². The largest absolute Gasteiger partial charge is 0.416 e. The lowest BCUT2D eigenvalue weighted by Gasteiger charge is -2.26. The lowest BCUT2D eigenvalue weighted by atomic mass is 10.1. The second-order valence-corrected chi connectivity index (χ2v) is 8.28. The Hall–Kier alpha value is -5.12. The summed E-state index contributed by atoms with van der Waals surface area (Å²) in [5.41, 5.74) is 1.38. The van der Waals surface area contributed by atoms with Gasteiger partial charge < -0.3 is 5.32 Å². The molecule has 1 heterocycles. The maximum Gasteiger partial charge on any atom is 0.416 e. The average Bonchev–Trinajstić information content (AvgIpc) is 3.36. The zero-order chi connectivity index (χ0) is 26.7. The van der Waals surface area contributed by atoms with Crippen LogP contribution in [0.1, 0.15) is 5.56 Å². The Labute approximate surface area is 214 Å². The minimum absolute atomic E-state index is 0.0202. The smallest absolute Gasteiger partial charge is 0.307 e. The van der Waals surface area contributed by atoms with Gasteiger partial charge in [-0.05, 0) is 53.6 Å². The third kappa shape index (κ3) is 5.19. The molecule has 2 N–H and O–H groups in total. The van der Waals surface area contributed by atoms with E-state index < -0.39 is 23.5 Å². The zero-order valence-corrected chi connectivity index (χ0v) is 19.7. The first-order valence-electron chi connectivity index (χ1n) is 11.5. The van der Waals surface area contributed by atoms with Crippen LogP contribution in [0, 0.1) is 0 Å². The van der Waals surface area contributed by atoms with E-state index in [9.17, 15) is 22.8 Å². The molecule has 0 atom stereocenters. The van der Waals surface area contributed by atoms with E-state index >= 15 is 0 Å². The number of benzene rings is 4. The first-order valence-corrected chi connectivity index (χ1v) is 11.5. The van der Waals surface area contributed by atoms with E-state index in [1.54, 1.807) is 36.4 Å².